The van der Waals surface area contributed by atoms with Gasteiger partial charge >= 0.3 is 5.97 Å². The molecular formula is C38H46ClN2O2+. The van der Waals surface area contributed by atoms with Crippen LogP contribution in [0, 0.1) is 5.92 Å². The van der Waals surface area contributed by atoms with Crippen molar-refractivity contribution >= 4 is 34.7 Å². The summed E-state index contributed by atoms with van der Waals surface area (Å²) in [5.41, 5.74) is 12.4. The second-order valence-corrected chi connectivity index (χ2v) is 13.5. The first-order chi connectivity index (χ1) is 20.6. The number of allylic oxidation sites excluding steroid dienone is 5. The van der Waals surface area contributed by atoms with Crippen LogP contribution in [-0.2, 0) is 15.6 Å². The molecule has 0 radical (unpaired) electrons. The predicted molar refractivity (Wildman–Crippen MR) is 179 cm³/mol. The van der Waals surface area contributed by atoms with Gasteiger partial charge in [-0.2, -0.15) is 4.58 Å². The molecule has 0 amide bonds. The van der Waals surface area contributed by atoms with Crippen molar-refractivity contribution in [2.75, 3.05) is 18.0 Å². The first-order valence-corrected chi connectivity index (χ1v) is 16.3. The Labute approximate surface area is 262 Å². The van der Waals surface area contributed by atoms with Crippen LogP contribution in [0.15, 0.2) is 88.8 Å². The van der Waals surface area contributed by atoms with Crippen LogP contribution in [-0.4, -0.2) is 34.5 Å². The Morgan fingerprint density at radius 2 is 1.74 bits per heavy atom. The van der Waals surface area contributed by atoms with Crippen LogP contribution >= 0.6 is 11.6 Å². The lowest BCUT2D eigenvalue weighted by atomic mass is 9.81. The number of hydrogen-bond donors (Lipinski definition) is 1. The quantitative estimate of drug-likeness (QED) is 0.168. The number of carboxylic acids is 1. The summed E-state index contributed by atoms with van der Waals surface area (Å²) in [7, 11) is 0. The first kappa shape index (κ1) is 31.1. The van der Waals surface area contributed by atoms with E-state index in [0.717, 1.165) is 50.2 Å². The molecule has 1 aliphatic carbocycles. The fraction of sp³-hybridized carbons (Fsp3) is 0.447. The van der Waals surface area contributed by atoms with Crippen molar-refractivity contribution in [3.8, 4) is 0 Å². The molecule has 3 aliphatic rings. The molecule has 1 atom stereocenters. The molecule has 4 nitrogen and oxygen atoms in total. The van der Waals surface area contributed by atoms with E-state index in [0.29, 0.717) is 6.42 Å². The Bertz CT molecular complexity index is 1550. The summed E-state index contributed by atoms with van der Waals surface area (Å²) in [5, 5.41) is 9.95. The van der Waals surface area contributed by atoms with Gasteiger partial charge in [-0.3, -0.25) is 4.79 Å². The highest BCUT2D eigenvalue weighted by atomic mass is 35.5. The number of rotatable bonds is 10. The van der Waals surface area contributed by atoms with Gasteiger partial charge in [0.2, 0.25) is 5.69 Å². The number of carbonyl (C=O) groups is 1. The van der Waals surface area contributed by atoms with Gasteiger partial charge in [0.05, 0.1) is 11.1 Å². The number of benzene rings is 2. The predicted octanol–water partition coefficient (Wildman–Crippen LogP) is 9.41. The van der Waals surface area contributed by atoms with Crippen LogP contribution in [0.25, 0.3) is 0 Å². The lowest BCUT2D eigenvalue weighted by Gasteiger charge is -2.26. The smallest absolute Gasteiger partial charge is 0.303 e. The highest BCUT2D eigenvalue weighted by Crippen LogP contribution is 2.47. The maximum Gasteiger partial charge on any atom is 0.303 e. The summed E-state index contributed by atoms with van der Waals surface area (Å²) in [5.74, 6) is -0.582. The molecule has 0 saturated carbocycles. The average Bonchev–Trinajstić information content (AvgIpc) is 3.34. The number of carboxylic acid groups (broad SMARTS) is 1. The van der Waals surface area contributed by atoms with Crippen molar-refractivity contribution in [3.05, 3.63) is 99.9 Å². The minimum Gasteiger partial charge on any atom is -0.481 e. The SMILES string of the molecule is CC[N+]1=C(/C=C/C2=C(Cl)C(C=C=C3N(CCCCCC(=O)O)c4ccccc4C3(C)C)CCC2)C(C)(C)c2ccccc21. The maximum atomic E-state index is 11.0. The maximum absolute atomic E-state index is 11.0. The number of anilines is 1. The summed E-state index contributed by atoms with van der Waals surface area (Å²) in [6.45, 7) is 13.2. The number of unbranched alkanes of at least 4 members (excludes halogenated alkanes) is 2. The third kappa shape index (κ3) is 6.06. The van der Waals surface area contributed by atoms with Crippen molar-refractivity contribution in [1.82, 2.24) is 0 Å². The molecule has 43 heavy (non-hydrogen) atoms. The zero-order valence-corrected chi connectivity index (χ0v) is 27.2. The summed E-state index contributed by atoms with van der Waals surface area (Å²) in [6.07, 6.45) is 12.7. The Morgan fingerprint density at radius 3 is 2.49 bits per heavy atom. The zero-order valence-electron chi connectivity index (χ0n) is 26.4. The second-order valence-electron chi connectivity index (χ2n) is 13.1. The third-order valence-corrected chi connectivity index (χ3v) is 10.1. The van der Waals surface area contributed by atoms with Gasteiger partial charge in [0.25, 0.3) is 0 Å². The van der Waals surface area contributed by atoms with E-state index in [1.54, 1.807) is 0 Å². The number of hydrogen-bond acceptors (Lipinski definition) is 2. The van der Waals surface area contributed by atoms with Gasteiger partial charge < -0.3 is 10.0 Å². The fourth-order valence-corrected chi connectivity index (χ4v) is 7.52. The number of fused-ring (bicyclic) bond motifs is 2. The molecule has 0 spiro atoms. The summed E-state index contributed by atoms with van der Waals surface area (Å²) < 4.78 is 2.43. The standard InChI is InChI=1S/C38H45ClN2O2/c1-6-40-31-19-11-9-17-29(31)37(2,3)33(40)24-22-27-15-14-16-28(36(27)39)23-25-34-38(4,5)30-18-10-12-20-32(30)41(34)26-13-7-8-21-35(42)43/h9-12,17-20,22-24,28H,6-8,13-16,21,26H2,1-5H3/p+1/b24-22+. The molecule has 0 fully saturated rings. The van der Waals surface area contributed by atoms with E-state index in [4.69, 9.17) is 16.7 Å². The Kier molecular flexibility index (Phi) is 9.20. The van der Waals surface area contributed by atoms with Gasteiger partial charge in [0, 0.05) is 52.7 Å². The van der Waals surface area contributed by atoms with Crippen molar-refractivity contribution < 1.29 is 14.5 Å². The van der Waals surface area contributed by atoms with Gasteiger partial charge in [0.15, 0.2) is 5.71 Å². The molecule has 2 aromatic rings. The lowest BCUT2D eigenvalue weighted by molar-refractivity contribution is -0.433. The average molecular weight is 598 g/mol. The summed E-state index contributed by atoms with van der Waals surface area (Å²) in [6, 6.07) is 17.4. The molecule has 5 heteroatoms. The van der Waals surface area contributed by atoms with E-state index in [-0.39, 0.29) is 23.2 Å². The van der Waals surface area contributed by atoms with Gasteiger partial charge in [0.1, 0.15) is 6.54 Å². The largest absolute Gasteiger partial charge is 0.481 e. The van der Waals surface area contributed by atoms with Gasteiger partial charge in [-0.25, -0.2) is 0 Å². The normalized spacial score (nSPS) is 20.5. The molecule has 1 N–H and O–H groups in total. The van der Waals surface area contributed by atoms with Crippen molar-refractivity contribution in [3.63, 3.8) is 0 Å². The van der Waals surface area contributed by atoms with Gasteiger partial charge in [-0.1, -0.05) is 60.5 Å². The highest BCUT2D eigenvalue weighted by molar-refractivity contribution is 6.30. The van der Waals surface area contributed by atoms with Crippen molar-refractivity contribution in [2.45, 2.75) is 90.4 Å². The zero-order chi connectivity index (χ0) is 30.8. The van der Waals surface area contributed by atoms with Crippen molar-refractivity contribution in [1.29, 1.82) is 0 Å². The minimum absolute atomic E-state index is 0.0608. The number of halogens is 1. The van der Waals surface area contributed by atoms with Crippen LogP contribution < -0.4 is 4.90 Å². The van der Waals surface area contributed by atoms with Gasteiger partial charge in [-0.15, -0.1) is 5.73 Å². The molecular weight excluding hydrogens is 552 g/mol. The van der Waals surface area contributed by atoms with Crippen LogP contribution in [0.1, 0.15) is 90.7 Å². The molecule has 0 saturated heterocycles. The van der Waals surface area contributed by atoms with E-state index in [1.807, 2.05) is 0 Å². The fourth-order valence-electron chi connectivity index (χ4n) is 7.19. The van der Waals surface area contributed by atoms with Crippen LogP contribution in [0.4, 0.5) is 11.4 Å². The number of nitrogens with zero attached hydrogens (tertiary/aromatic N) is 2. The van der Waals surface area contributed by atoms with Crippen molar-refractivity contribution in [2.24, 2.45) is 5.92 Å². The molecule has 226 valence electrons. The molecule has 0 bridgehead atoms. The monoisotopic (exact) mass is 597 g/mol. The highest BCUT2D eigenvalue weighted by Gasteiger charge is 2.43. The minimum atomic E-state index is -0.721. The van der Waals surface area contributed by atoms with E-state index in [1.165, 1.54) is 39.5 Å². The lowest BCUT2D eigenvalue weighted by Crippen LogP contribution is -2.27. The van der Waals surface area contributed by atoms with Gasteiger partial charge in [-0.05, 0) is 90.0 Å². The van der Waals surface area contributed by atoms with E-state index in [2.05, 4.69) is 117 Å². The second kappa shape index (κ2) is 12.7. The molecule has 2 heterocycles. The molecule has 2 aliphatic heterocycles. The van der Waals surface area contributed by atoms with E-state index in [9.17, 15) is 4.79 Å². The number of para-hydroxylation sites is 2. The van der Waals surface area contributed by atoms with E-state index >= 15 is 0 Å². The van der Waals surface area contributed by atoms with Crippen LogP contribution in [0.5, 0.6) is 0 Å². The Morgan fingerprint density at radius 1 is 1.02 bits per heavy atom. The van der Waals surface area contributed by atoms with Crippen LogP contribution in [0.2, 0.25) is 0 Å². The first-order valence-electron chi connectivity index (χ1n) is 15.9. The molecule has 2 aromatic carbocycles. The molecule has 0 aromatic heterocycles. The van der Waals surface area contributed by atoms with E-state index < -0.39 is 5.97 Å². The Hall–Kier alpha value is -3.33. The van der Waals surface area contributed by atoms with Crippen LogP contribution in [0.3, 0.4) is 0 Å². The molecule has 1 unspecified atom stereocenters. The third-order valence-electron chi connectivity index (χ3n) is 9.58. The summed E-state index contributed by atoms with van der Waals surface area (Å²) in [4.78, 5) is 13.4. The molecule has 5 rings (SSSR count). The summed E-state index contributed by atoms with van der Waals surface area (Å²) >= 11 is 7.15. The topological polar surface area (TPSA) is 43.5 Å². The Balaban J connectivity index is 1.42. The number of aliphatic carboxylic acids is 1.